The average Bonchev–Trinajstić information content (AvgIpc) is 2.49. The monoisotopic (exact) mass is 179 g/mol. The minimum Gasteiger partial charge on any atom is -0.367 e. The molecule has 13 heavy (non-hydrogen) atoms. The van der Waals surface area contributed by atoms with E-state index < -0.39 is 0 Å². The molecule has 0 aliphatic carbocycles. The molecule has 1 saturated heterocycles. The Labute approximate surface area is 79.1 Å². The Morgan fingerprint density at radius 2 is 2.31 bits per heavy atom. The van der Waals surface area contributed by atoms with Crippen molar-refractivity contribution in [3.63, 3.8) is 0 Å². The van der Waals surface area contributed by atoms with Crippen molar-refractivity contribution < 1.29 is 0 Å². The molecule has 1 aliphatic heterocycles. The highest BCUT2D eigenvalue weighted by Gasteiger charge is 2.08. The van der Waals surface area contributed by atoms with Gasteiger partial charge in [0.2, 0.25) is 0 Å². The summed E-state index contributed by atoms with van der Waals surface area (Å²) in [5.41, 5.74) is 1.39. The fourth-order valence-electron chi connectivity index (χ4n) is 1.77. The van der Waals surface area contributed by atoms with E-state index in [2.05, 4.69) is 27.5 Å². The van der Waals surface area contributed by atoms with E-state index >= 15 is 0 Å². The van der Waals surface area contributed by atoms with Crippen molar-refractivity contribution in [2.75, 3.05) is 26.2 Å². The van der Waals surface area contributed by atoms with Gasteiger partial charge in [0.25, 0.3) is 0 Å². The van der Waals surface area contributed by atoms with Crippen molar-refractivity contribution in [3.8, 4) is 0 Å². The molecule has 0 unspecified atom stereocenters. The van der Waals surface area contributed by atoms with Crippen LogP contribution in [0.1, 0.15) is 12.0 Å². The molecule has 0 spiro atoms. The van der Waals surface area contributed by atoms with E-state index in [1.807, 2.05) is 6.20 Å². The molecule has 2 rings (SSSR count). The summed E-state index contributed by atoms with van der Waals surface area (Å²) in [6.07, 6.45) is 5.34. The van der Waals surface area contributed by atoms with E-state index in [1.54, 1.807) is 0 Å². The first-order chi connectivity index (χ1) is 6.45. The minimum absolute atomic E-state index is 1.09. The maximum absolute atomic E-state index is 3.41. The number of H-pyrrole nitrogens is 1. The summed E-state index contributed by atoms with van der Waals surface area (Å²) in [6.45, 7) is 5.78. The number of hydrogen-bond donors (Lipinski definition) is 2. The van der Waals surface area contributed by atoms with Crippen LogP contribution in [-0.4, -0.2) is 36.1 Å². The van der Waals surface area contributed by atoms with E-state index in [-0.39, 0.29) is 0 Å². The number of aromatic nitrogens is 1. The van der Waals surface area contributed by atoms with Crippen LogP contribution in [0, 0.1) is 0 Å². The highest BCUT2D eigenvalue weighted by Crippen LogP contribution is 2.04. The van der Waals surface area contributed by atoms with Gasteiger partial charge in [0.05, 0.1) is 0 Å². The van der Waals surface area contributed by atoms with E-state index in [9.17, 15) is 0 Å². The van der Waals surface area contributed by atoms with Crippen molar-refractivity contribution in [2.24, 2.45) is 0 Å². The van der Waals surface area contributed by atoms with Crippen LogP contribution in [0.15, 0.2) is 18.5 Å². The first-order valence-corrected chi connectivity index (χ1v) is 5.00. The lowest BCUT2D eigenvalue weighted by atomic mass is 10.3. The fourth-order valence-corrected chi connectivity index (χ4v) is 1.77. The number of nitrogens with zero attached hydrogens (tertiary/aromatic N) is 1. The third-order valence-corrected chi connectivity index (χ3v) is 2.50. The summed E-state index contributed by atoms with van der Waals surface area (Å²) in [4.78, 5) is 5.60. The van der Waals surface area contributed by atoms with Gasteiger partial charge in [-0.15, -0.1) is 0 Å². The Bertz CT molecular complexity index is 222. The molecule has 0 atom stereocenters. The average molecular weight is 179 g/mol. The lowest BCUT2D eigenvalue weighted by molar-refractivity contribution is 0.284. The van der Waals surface area contributed by atoms with Crippen LogP contribution in [-0.2, 0) is 6.54 Å². The second-order valence-electron chi connectivity index (χ2n) is 3.60. The standard InChI is InChI=1S/C10H17N3/c1-3-11-5-7-13(6-1)9-10-2-4-12-8-10/h2,4,8,11-12H,1,3,5-7,9H2. The van der Waals surface area contributed by atoms with Gasteiger partial charge >= 0.3 is 0 Å². The van der Waals surface area contributed by atoms with Crippen molar-refractivity contribution in [2.45, 2.75) is 13.0 Å². The Hall–Kier alpha value is -0.800. The molecule has 2 N–H and O–H groups in total. The van der Waals surface area contributed by atoms with Gasteiger partial charge in [-0.25, -0.2) is 0 Å². The van der Waals surface area contributed by atoms with Gasteiger partial charge in [0.15, 0.2) is 0 Å². The highest BCUT2D eigenvalue weighted by molar-refractivity contribution is 5.07. The number of rotatable bonds is 2. The molecule has 1 aliphatic rings. The summed E-state index contributed by atoms with van der Waals surface area (Å²) < 4.78 is 0. The molecular weight excluding hydrogens is 162 g/mol. The maximum atomic E-state index is 3.41. The summed E-state index contributed by atoms with van der Waals surface area (Å²) >= 11 is 0. The predicted molar refractivity (Wildman–Crippen MR) is 53.6 cm³/mol. The fraction of sp³-hybridized carbons (Fsp3) is 0.600. The molecule has 1 fully saturated rings. The van der Waals surface area contributed by atoms with E-state index in [4.69, 9.17) is 0 Å². The lowest BCUT2D eigenvalue weighted by Gasteiger charge is -2.18. The second-order valence-corrected chi connectivity index (χ2v) is 3.60. The second kappa shape index (κ2) is 4.44. The van der Waals surface area contributed by atoms with Gasteiger partial charge in [-0.05, 0) is 31.1 Å². The number of nitrogens with one attached hydrogen (secondary N) is 2. The Kier molecular flexibility index (Phi) is 3.00. The van der Waals surface area contributed by atoms with Crippen molar-refractivity contribution >= 4 is 0 Å². The van der Waals surface area contributed by atoms with Crippen LogP contribution in [0.5, 0.6) is 0 Å². The van der Waals surface area contributed by atoms with Crippen LogP contribution < -0.4 is 5.32 Å². The molecule has 0 bridgehead atoms. The smallest absolute Gasteiger partial charge is 0.0249 e. The zero-order chi connectivity index (χ0) is 8.93. The lowest BCUT2D eigenvalue weighted by Crippen LogP contribution is -2.27. The normalized spacial score (nSPS) is 20.0. The van der Waals surface area contributed by atoms with Crippen molar-refractivity contribution in [1.82, 2.24) is 15.2 Å². The molecule has 0 aromatic carbocycles. The van der Waals surface area contributed by atoms with E-state index in [0.717, 1.165) is 13.1 Å². The van der Waals surface area contributed by atoms with Gasteiger partial charge in [-0.2, -0.15) is 0 Å². The van der Waals surface area contributed by atoms with E-state index in [0.29, 0.717) is 0 Å². The Morgan fingerprint density at radius 1 is 1.31 bits per heavy atom. The first-order valence-electron chi connectivity index (χ1n) is 5.00. The van der Waals surface area contributed by atoms with Gasteiger partial charge in [0, 0.05) is 32.0 Å². The zero-order valence-corrected chi connectivity index (χ0v) is 7.92. The zero-order valence-electron chi connectivity index (χ0n) is 7.92. The number of hydrogen-bond acceptors (Lipinski definition) is 2. The molecule has 1 aromatic heterocycles. The predicted octanol–water partition coefficient (Wildman–Crippen LogP) is 0.810. The molecule has 0 amide bonds. The SMILES string of the molecule is c1cc(CN2CCCNCC2)c[nH]1. The Balaban J connectivity index is 1.86. The molecule has 3 nitrogen and oxygen atoms in total. The third-order valence-electron chi connectivity index (χ3n) is 2.50. The molecule has 0 saturated carbocycles. The van der Waals surface area contributed by atoms with Gasteiger partial charge in [-0.3, -0.25) is 4.90 Å². The number of aromatic amines is 1. The molecular formula is C10H17N3. The van der Waals surface area contributed by atoms with E-state index in [1.165, 1.54) is 31.6 Å². The molecule has 3 heteroatoms. The highest BCUT2D eigenvalue weighted by atomic mass is 15.1. The van der Waals surface area contributed by atoms with Gasteiger partial charge < -0.3 is 10.3 Å². The summed E-state index contributed by atoms with van der Waals surface area (Å²) in [6, 6.07) is 2.15. The summed E-state index contributed by atoms with van der Waals surface area (Å²) in [5, 5.41) is 3.41. The van der Waals surface area contributed by atoms with Gasteiger partial charge in [0.1, 0.15) is 0 Å². The van der Waals surface area contributed by atoms with Crippen LogP contribution in [0.25, 0.3) is 0 Å². The first kappa shape index (κ1) is 8.78. The Morgan fingerprint density at radius 3 is 3.15 bits per heavy atom. The molecule has 1 aromatic rings. The third kappa shape index (κ3) is 2.57. The van der Waals surface area contributed by atoms with Crippen molar-refractivity contribution in [3.05, 3.63) is 24.0 Å². The quantitative estimate of drug-likeness (QED) is 0.704. The van der Waals surface area contributed by atoms with Crippen LogP contribution >= 0.6 is 0 Å². The molecule has 2 heterocycles. The topological polar surface area (TPSA) is 31.1 Å². The van der Waals surface area contributed by atoms with Crippen LogP contribution in [0.4, 0.5) is 0 Å². The minimum atomic E-state index is 1.09. The molecule has 0 radical (unpaired) electrons. The summed E-state index contributed by atoms with van der Waals surface area (Å²) in [7, 11) is 0. The summed E-state index contributed by atoms with van der Waals surface area (Å²) in [5.74, 6) is 0. The van der Waals surface area contributed by atoms with Gasteiger partial charge in [-0.1, -0.05) is 0 Å². The van der Waals surface area contributed by atoms with Crippen LogP contribution in [0.2, 0.25) is 0 Å². The van der Waals surface area contributed by atoms with Crippen LogP contribution in [0.3, 0.4) is 0 Å². The maximum Gasteiger partial charge on any atom is 0.0249 e. The molecule has 72 valence electrons. The largest absolute Gasteiger partial charge is 0.367 e. The van der Waals surface area contributed by atoms with Crippen molar-refractivity contribution in [1.29, 1.82) is 0 Å².